The van der Waals surface area contributed by atoms with Crippen molar-refractivity contribution in [3.05, 3.63) is 70.1 Å². The monoisotopic (exact) mass is 382 g/mol. The molecular weight excluding hydrogens is 360 g/mol. The van der Waals surface area contributed by atoms with E-state index in [1.54, 1.807) is 6.07 Å². The zero-order chi connectivity index (χ0) is 20.3. The van der Waals surface area contributed by atoms with Crippen molar-refractivity contribution in [2.75, 3.05) is 6.61 Å². The topological polar surface area (TPSA) is 86.0 Å². The summed E-state index contributed by atoms with van der Waals surface area (Å²) in [6.07, 6.45) is 0. The van der Waals surface area contributed by atoms with Gasteiger partial charge in [0, 0.05) is 23.1 Å². The third kappa shape index (κ3) is 4.52. The summed E-state index contributed by atoms with van der Waals surface area (Å²) in [6, 6.07) is 13.2. The number of phenolic OH excluding ortho intramolecular Hbond substituents is 1. The van der Waals surface area contributed by atoms with E-state index in [-0.39, 0.29) is 30.0 Å². The van der Waals surface area contributed by atoms with Gasteiger partial charge in [0.2, 0.25) is 0 Å². The quantitative estimate of drug-likeness (QED) is 0.532. The van der Waals surface area contributed by atoms with Gasteiger partial charge in [-0.05, 0) is 29.2 Å². The lowest BCUT2D eigenvalue weighted by Crippen LogP contribution is -2.18. The number of rotatable bonds is 5. The molecule has 0 saturated carbocycles. The smallest absolute Gasteiger partial charge is 0.344 e. The number of benzene rings is 2. The minimum atomic E-state index is -0.584. The second kappa shape index (κ2) is 7.76. The van der Waals surface area contributed by atoms with E-state index < -0.39 is 11.6 Å². The van der Waals surface area contributed by atoms with E-state index in [4.69, 9.17) is 13.9 Å². The van der Waals surface area contributed by atoms with Gasteiger partial charge in [0.25, 0.3) is 0 Å². The molecule has 6 heteroatoms. The van der Waals surface area contributed by atoms with Crippen molar-refractivity contribution in [3.63, 3.8) is 0 Å². The molecule has 0 aliphatic rings. The van der Waals surface area contributed by atoms with Gasteiger partial charge in [0.1, 0.15) is 23.7 Å². The molecule has 0 amide bonds. The van der Waals surface area contributed by atoms with E-state index >= 15 is 0 Å². The van der Waals surface area contributed by atoms with Crippen LogP contribution in [0, 0.1) is 0 Å². The van der Waals surface area contributed by atoms with E-state index in [0.717, 1.165) is 5.56 Å². The number of hydrogen-bond donors (Lipinski definition) is 1. The molecule has 0 aliphatic carbocycles. The Hall–Kier alpha value is -3.28. The standard InChI is InChI=1S/C22H22O6/c1-22(2,3)17-6-4-5-7-18(17)26-13-21(25)27-12-14-10-20(24)28-19-11-15(23)8-9-16(14)19/h4-11,23H,12-13H2,1-3H3. The van der Waals surface area contributed by atoms with Crippen LogP contribution in [0.4, 0.5) is 0 Å². The van der Waals surface area contributed by atoms with Crippen molar-refractivity contribution < 1.29 is 23.8 Å². The Bertz CT molecular complexity index is 1060. The van der Waals surface area contributed by atoms with Crippen LogP contribution in [0.5, 0.6) is 11.5 Å². The van der Waals surface area contributed by atoms with Crippen molar-refractivity contribution in [1.82, 2.24) is 0 Å². The Labute approximate surface area is 162 Å². The molecule has 0 fully saturated rings. The van der Waals surface area contributed by atoms with Gasteiger partial charge < -0.3 is 19.0 Å². The molecule has 3 aromatic rings. The van der Waals surface area contributed by atoms with Gasteiger partial charge in [-0.15, -0.1) is 0 Å². The average molecular weight is 382 g/mol. The highest BCUT2D eigenvalue weighted by Crippen LogP contribution is 2.31. The van der Waals surface area contributed by atoms with Gasteiger partial charge in [-0.2, -0.15) is 0 Å². The predicted octanol–water partition coefficient (Wildman–Crippen LogP) is 3.92. The summed E-state index contributed by atoms with van der Waals surface area (Å²) in [6.45, 7) is 5.86. The van der Waals surface area contributed by atoms with Crippen molar-refractivity contribution in [2.24, 2.45) is 0 Å². The molecular formula is C22H22O6. The van der Waals surface area contributed by atoms with E-state index in [2.05, 4.69) is 20.8 Å². The zero-order valence-corrected chi connectivity index (χ0v) is 16.0. The van der Waals surface area contributed by atoms with Crippen molar-refractivity contribution in [3.8, 4) is 11.5 Å². The number of hydrogen-bond acceptors (Lipinski definition) is 6. The third-order valence-corrected chi connectivity index (χ3v) is 4.24. The maximum Gasteiger partial charge on any atom is 0.344 e. The van der Waals surface area contributed by atoms with E-state index in [0.29, 0.717) is 16.7 Å². The first-order valence-electron chi connectivity index (χ1n) is 8.88. The Morgan fingerprint density at radius 1 is 1.11 bits per heavy atom. The van der Waals surface area contributed by atoms with Crippen LogP contribution in [0.2, 0.25) is 0 Å². The fourth-order valence-electron chi connectivity index (χ4n) is 2.89. The number of ether oxygens (including phenoxy) is 2. The first-order valence-corrected chi connectivity index (χ1v) is 8.88. The number of phenols is 1. The Morgan fingerprint density at radius 3 is 2.61 bits per heavy atom. The minimum Gasteiger partial charge on any atom is -0.508 e. The maximum atomic E-state index is 12.1. The van der Waals surface area contributed by atoms with Crippen LogP contribution in [-0.4, -0.2) is 17.7 Å². The molecule has 6 nitrogen and oxygen atoms in total. The van der Waals surface area contributed by atoms with Gasteiger partial charge in [0.15, 0.2) is 6.61 Å². The fraction of sp³-hybridized carbons (Fsp3) is 0.273. The van der Waals surface area contributed by atoms with Crippen LogP contribution in [0.15, 0.2) is 57.7 Å². The van der Waals surface area contributed by atoms with Gasteiger partial charge in [-0.1, -0.05) is 39.0 Å². The molecule has 1 N–H and O–H groups in total. The Morgan fingerprint density at radius 2 is 1.86 bits per heavy atom. The summed E-state index contributed by atoms with van der Waals surface area (Å²) in [5.41, 5.74) is 1.01. The van der Waals surface area contributed by atoms with Gasteiger partial charge >= 0.3 is 11.6 Å². The molecule has 0 unspecified atom stereocenters. The van der Waals surface area contributed by atoms with Crippen LogP contribution in [-0.2, 0) is 21.6 Å². The molecule has 0 bridgehead atoms. The summed E-state index contributed by atoms with van der Waals surface area (Å²) < 4.78 is 16.0. The van der Waals surface area contributed by atoms with Crippen LogP contribution in [0.25, 0.3) is 11.0 Å². The van der Waals surface area contributed by atoms with Crippen LogP contribution < -0.4 is 10.4 Å². The molecule has 1 aromatic heterocycles. The zero-order valence-electron chi connectivity index (χ0n) is 16.0. The SMILES string of the molecule is CC(C)(C)c1ccccc1OCC(=O)OCc1cc(=O)oc2cc(O)ccc12. The molecule has 0 radical (unpaired) electrons. The summed E-state index contributed by atoms with van der Waals surface area (Å²) >= 11 is 0. The summed E-state index contributed by atoms with van der Waals surface area (Å²) in [7, 11) is 0. The molecule has 1 heterocycles. The Kier molecular flexibility index (Phi) is 5.40. The van der Waals surface area contributed by atoms with Crippen molar-refractivity contribution >= 4 is 16.9 Å². The minimum absolute atomic E-state index is 0.0179. The summed E-state index contributed by atoms with van der Waals surface area (Å²) in [5.74, 6) is 0.0628. The average Bonchev–Trinajstić information content (AvgIpc) is 2.63. The highest BCUT2D eigenvalue weighted by Gasteiger charge is 2.19. The normalized spacial score (nSPS) is 11.4. The second-order valence-electron chi connectivity index (χ2n) is 7.47. The second-order valence-corrected chi connectivity index (χ2v) is 7.47. The van der Waals surface area contributed by atoms with Crippen molar-refractivity contribution in [1.29, 1.82) is 0 Å². The van der Waals surface area contributed by atoms with Crippen LogP contribution in [0.1, 0.15) is 31.9 Å². The maximum absolute atomic E-state index is 12.1. The van der Waals surface area contributed by atoms with Gasteiger partial charge in [-0.25, -0.2) is 9.59 Å². The molecule has 3 rings (SSSR count). The van der Waals surface area contributed by atoms with Gasteiger partial charge in [0.05, 0.1) is 0 Å². The molecule has 0 spiro atoms. The Balaban J connectivity index is 1.68. The summed E-state index contributed by atoms with van der Waals surface area (Å²) in [5, 5.41) is 10.1. The fourth-order valence-corrected chi connectivity index (χ4v) is 2.89. The molecule has 0 aliphatic heterocycles. The first-order chi connectivity index (χ1) is 13.2. The lowest BCUT2D eigenvalue weighted by Gasteiger charge is -2.22. The van der Waals surface area contributed by atoms with E-state index in [9.17, 15) is 14.7 Å². The predicted molar refractivity (Wildman–Crippen MR) is 105 cm³/mol. The van der Waals surface area contributed by atoms with E-state index in [1.165, 1.54) is 18.2 Å². The van der Waals surface area contributed by atoms with Crippen LogP contribution in [0.3, 0.4) is 0 Å². The number of para-hydroxylation sites is 1. The summed E-state index contributed by atoms with van der Waals surface area (Å²) in [4.78, 5) is 23.8. The van der Waals surface area contributed by atoms with Gasteiger partial charge in [-0.3, -0.25) is 0 Å². The van der Waals surface area contributed by atoms with Crippen molar-refractivity contribution in [2.45, 2.75) is 32.8 Å². The molecule has 146 valence electrons. The molecule has 0 saturated heterocycles. The number of aromatic hydroxyl groups is 1. The molecule has 2 aromatic carbocycles. The number of esters is 1. The highest BCUT2D eigenvalue weighted by molar-refractivity contribution is 5.81. The molecule has 28 heavy (non-hydrogen) atoms. The molecule has 0 atom stereocenters. The van der Waals surface area contributed by atoms with Crippen LogP contribution >= 0.6 is 0 Å². The number of carbonyl (C=O) groups excluding carboxylic acids is 1. The number of fused-ring (bicyclic) bond motifs is 1. The highest BCUT2D eigenvalue weighted by atomic mass is 16.6. The third-order valence-electron chi connectivity index (χ3n) is 4.24. The number of carbonyl (C=O) groups is 1. The lowest BCUT2D eigenvalue weighted by atomic mass is 9.86. The lowest BCUT2D eigenvalue weighted by molar-refractivity contribution is -0.147. The first kappa shape index (κ1) is 19.5. The largest absolute Gasteiger partial charge is 0.508 e. The van der Waals surface area contributed by atoms with E-state index in [1.807, 2.05) is 24.3 Å².